The number of carbonyl (C=O) groups excluding carboxylic acids is 3. The van der Waals surface area contributed by atoms with E-state index in [2.05, 4.69) is 93.7 Å². The van der Waals surface area contributed by atoms with Gasteiger partial charge in [0.05, 0.1) is 19.8 Å². The van der Waals surface area contributed by atoms with Gasteiger partial charge in [0.15, 0.2) is 6.10 Å². The number of aliphatic hydroxyl groups excluding tert-OH is 1. The molecule has 0 radical (unpaired) electrons. The standard InChI is InChI=1S/C58H101O11P/c1-4-7-10-13-16-19-22-25-26-27-28-31-32-35-38-41-44-47-56(60)65-51-55(69-58(62)49-46-43-40-37-34-30-24-21-18-15-12-9-6-3)53-67-70(63,64)66-52-54(50-59)68-57(61)48-45-42-39-36-33-29-23-20-17-14-11-8-5-2/h11-12,14-16,19-21,23-26,54-55,59H,4-10,13,17-18,22,27-53H2,1-3H3,(H,63,64)/b14-11-,15-12-,19-16-,23-20-,24-21-,26-25-. The molecule has 0 spiro atoms. The summed E-state index contributed by atoms with van der Waals surface area (Å²) in [5.41, 5.74) is 0. The monoisotopic (exact) mass is 1000 g/mol. The Bertz CT molecular complexity index is 1450. The third-order valence-electron chi connectivity index (χ3n) is 11.5. The molecule has 12 heteroatoms. The molecule has 0 amide bonds. The van der Waals surface area contributed by atoms with Crippen molar-refractivity contribution in [2.24, 2.45) is 0 Å². The summed E-state index contributed by atoms with van der Waals surface area (Å²) < 4.78 is 39.4. The SMILES string of the molecule is CCC/C=C\C/C=C\CCCCCCCC(=O)OC(CO)COP(=O)(O)OCC(COC(=O)CCCCCCCCC/C=C\C/C=C\CCCCC)OC(=O)CCCCCCC/C=C\C/C=C\CCC. The van der Waals surface area contributed by atoms with Gasteiger partial charge in [-0.05, 0) is 103 Å². The highest BCUT2D eigenvalue weighted by Crippen LogP contribution is 2.43. The van der Waals surface area contributed by atoms with Gasteiger partial charge in [0, 0.05) is 19.3 Å². The van der Waals surface area contributed by atoms with E-state index in [0.717, 1.165) is 128 Å². The summed E-state index contributed by atoms with van der Waals surface area (Å²) in [5.74, 6) is -1.50. The Labute approximate surface area is 427 Å². The first-order valence-electron chi connectivity index (χ1n) is 27.8. The van der Waals surface area contributed by atoms with E-state index in [-0.39, 0.29) is 25.9 Å². The van der Waals surface area contributed by atoms with Gasteiger partial charge in [0.1, 0.15) is 12.7 Å². The lowest BCUT2D eigenvalue weighted by molar-refractivity contribution is -0.161. The number of esters is 3. The zero-order valence-corrected chi connectivity index (χ0v) is 45.4. The van der Waals surface area contributed by atoms with Crippen molar-refractivity contribution in [1.82, 2.24) is 0 Å². The van der Waals surface area contributed by atoms with E-state index in [1.807, 2.05) is 0 Å². The van der Waals surface area contributed by atoms with Crippen molar-refractivity contribution in [3.8, 4) is 0 Å². The highest BCUT2D eigenvalue weighted by molar-refractivity contribution is 7.47. The lowest BCUT2D eigenvalue weighted by Crippen LogP contribution is -2.30. The minimum atomic E-state index is -4.75. The van der Waals surface area contributed by atoms with Crippen LogP contribution in [0.25, 0.3) is 0 Å². The van der Waals surface area contributed by atoms with Gasteiger partial charge >= 0.3 is 25.7 Å². The molecule has 0 aliphatic carbocycles. The van der Waals surface area contributed by atoms with Crippen LogP contribution in [-0.4, -0.2) is 66.5 Å². The highest BCUT2D eigenvalue weighted by Gasteiger charge is 2.28. The number of phosphoric ester groups is 1. The molecule has 11 nitrogen and oxygen atoms in total. The van der Waals surface area contributed by atoms with Gasteiger partial charge < -0.3 is 24.2 Å². The summed E-state index contributed by atoms with van der Waals surface area (Å²) in [6.07, 6.45) is 57.2. The van der Waals surface area contributed by atoms with Crippen LogP contribution in [0, 0.1) is 0 Å². The van der Waals surface area contributed by atoms with Crippen LogP contribution in [0.4, 0.5) is 0 Å². The molecular weight excluding hydrogens is 904 g/mol. The largest absolute Gasteiger partial charge is 0.472 e. The van der Waals surface area contributed by atoms with Crippen molar-refractivity contribution in [3.63, 3.8) is 0 Å². The topological polar surface area (TPSA) is 155 Å². The molecule has 404 valence electrons. The molecule has 0 aliphatic heterocycles. The smallest absolute Gasteiger partial charge is 0.462 e. The number of allylic oxidation sites excluding steroid dienone is 12. The Morgan fingerprint density at radius 1 is 0.400 bits per heavy atom. The number of aliphatic hydroxyl groups is 1. The number of phosphoric acid groups is 1. The number of unbranched alkanes of at least 4 members (excludes halogenated alkanes) is 22. The van der Waals surface area contributed by atoms with Gasteiger partial charge in [-0.25, -0.2) is 4.57 Å². The number of hydrogen-bond donors (Lipinski definition) is 2. The Morgan fingerprint density at radius 3 is 1.11 bits per heavy atom. The van der Waals surface area contributed by atoms with E-state index in [0.29, 0.717) is 19.3 Å². The first-order chi connectivity index (χ1) is 34.2. The van der Waals surface area contributed by atoms with E-state index in [4.69, 9.17) is 23.3 Å². The lowest BCUT2D eigenvalue weighted by Gasteiger charge is -2.21. The summed E-state index contributed by atoms with van der Waals surface area (Å²) >= 11 is 0. The molecule has 0 bridgehead atoms. The van der Waals surface area contributed by atoms with Gasteiger partial charge in [-0.15, -0.1) is 0 Å². The van der Waals surface area contributed by atoms with Crippen LogP contribution >= 0.6 is 7.82 Å². The van der Waals surface area contributed by atoms with Gasteiger partial charge in [-0.3, -0.25) is 23.4 Å². The molecule has 0 aromatic carbocycles. The van der Waals surface area contributed by atoms with Crippen LogP contribution in [0.2, 0.25) is 0 Å². The van der Waals surface area contributed by atoms with Crippen molar-refractivity contribution in [2.45, 2.75) is 251 Å². The second-order valence-corrected chi connectivity index (χ2v) is 19.8. The van der Waals surface area contributed by atoms with E-state index in [9.17, 15) is 28.9 Å². The van der Waals surface area contributed by atoms with E-state index >= 15 is 0 Å². The van der Waals surface area contributed by atoms with Gasteiger partial charge in [-0.2, -0.15) is 0 Å². The molecule has 2 N–H and O–H groups in total. The van der Waals surface area contributed by atoms with Crippen LogP contribution in [0.5, 0.6) is 0 Å². The van der Waals surface area contributed by atoms with E-state index in [1.165, 1.54) is 51.4 Å². The fraction of sp³-hybridized carbons (Fsp3) is 0.741. The third-order valence-corrected chi connectivity index (χ3v) is 12.5. The Balaban J connectivity index is 4.75. The molecule has 0 aromatic heterocycles. The molecule has 0 rings (SSSR count). The van der Waals surface area contributed by atoms with E-state index < -0.39 is 57.8 Å². The number of hydrogen-bond acceptors (Lipinski definition) is 10. The van der Waals surface area contributed by atoms with Crippen LogP contribution < -0.4 is 0 Å². The first-order valence-corrected chi connectivity index (χ1v) is 29.3. The second-order valence-electron chi connectivity index (χ2n) is 18.4. The second kappa shape index (κ2) is 52.2. The molecule has 70 heavy (non-hydrogen) atoms. The predicted octanol–water partition coefficient (Wildman–Crippen LogP) is 16.1. The van der Waals surface area contributed by atoms with Crippen LogP contribution in [0.1, 0.15) is 239 Å². The van der Waals surface area contributed by atoms with Gasteiger partial charge in [0.2, 0.25) is 0 Å². The highest BCUT2D eigenvalue weighted by atomic mass is 31.2. The molecule has 3 unspecified atom stereocenters. The fourth-order valence-electron chi connectivity index (χ4n) is 7.28. The molecule has 3 atom stereocenters. The van der Waals surface area contributed by atoms with Gasteiger partial charge in [-0.1, -0.05) is 190 Å². The van der Waals surface area contributed by atoms with E-state index in [1.54, 1.807) is 0 Å². The summed E-state index contributed by atoms with van der Waals surface area (Å²) in [4.78, 5) is 48.4. The van der Waals surface area contributed by atoms with Crippen molar-refractivity contribution >= 4 is 25.7 Å². The van der Waals surface area contributed by atoms with Crippen molar-refractivity contribution in [2.75, 3.05) is 26.4 Å². The fourth-order valence-corrected chi connectivity index (χ4v) is 8.07. The van der Waals surface area contributed by atoms with Crippen molar-refractivity contribution in [1.29, 1.82) is 0 Å². The maximum absolute atomic E-state index is 12.9. The van der Waals surface area contributed by atoms with Gasteiger partial charge in [0.25, 0.3) is 0 Å². The summed E-state index contributed by atoms with van der Waals surface area (Å²) in [6.45, 7) is 4.45. The van der Waals surface area contributed by atoms with Crippen LogP contribution in [-0.2, 0) is 42.2 Å². The van der Waals surface area contributed by atoms with Crippen LogP contribution in [0.15, 0.2) is 72.9 Å². The first kappa shape index (κ1) is 66.9. The van der Waals surface area contributed by atoms with Crippen molar-refractivity contribution in [3.05, 3.63) is 72.9 Å². The minimum Gasteiger partial charge on any atom is -0.462 e. The normalized spacial score (nSPS) is 14.0. The number of carbonyl (C=O) groups is 3. The summed E-state index contributed by atoms with van der Waals surface area (Å²) in [6, 6.07) is 0. The molecule has 0 saturated carbocycles. The summed E-state index contributed by atoms with van der Waals surface area (Å²) in [7, 11) is -4.75. The molecule has 0 saturated heterocycles. The predicted molar refractivity (Wildman–Crippen MR) is 288 cm³/mol. The minimum absolute atomic E-state index is 0.147. The quantitative estimate of drug-likeness (QED) is 0.0197. The third kappa shape index (κ3) is 49.9. The Kier molecular flexibility index (Phi) is 50.0. The average molecular weight is 1010 g/mol. The maximum Gasteiger partial charge on any atom is 0.472 e. The molecular formula is C58H101O11P. The molecule has 0 aromatic rings. The Morgan fingerprint density at radius 2 is 0.729 bits per heavy atom. The molecule has 0 fully saturated rings. The number of ether oxygens (including phenoxy) is 3. The number of rotatable bonds is 51. The van der Waals surface area contributed by atoms with Crippen molar-refractivity contribution < 1.29 is 52.2 Å². The zero-order valence-electron chi connectivity index (χ0n) is 44.5. The molecule has 0 heterocycles. The maximum atomic E-state index is 12.9. The zero-order chi connectivity index (χ0) is 51.3. The average Bonchev–Trinajstić information content (AvgIpc) is 3.35. The lowest BCUT2D eigenvalue weighted by atomic mass is 10.1. The molecule has 0 aliphatic rings. The van der Waals surface area contributed by atoms with Crippen LogP contribution in [0.3, 0.4) is 0 Å². The summed E-state index contributed by atoms with van der Waals surface area (Å²) in [5, 5.41) is 9.79. The Hall–Kier alpha value is -3.08.